The Morgan fingerprint density at radius 1 is 1.03 bits per heavy atom. The summed E-state index contributed by atoms with van der Waals surface area (Å²) in [5.41, 5.74) is 3.17. The molecular formula is C28H40ClN3O4S. The highest BCUT2D eigenvalue weighted by molar-refractivity contribution is 7.92. The van der Waals surface area contributed by atoms with Crippen molar-refractivity contribution >= 4 is 39.1 Å². The molecule has 2 rings (SSSR count). The van der Waals surface area contributed by atoms with E-state index in [0.717, 1.165) is 23.8 Å². The average Bonchev–Trinajstić information content (AvgIpc) is 2.84. The fourth-order valence-corrected chi connectivity index (χ4v) is 5.37. The van der Waals surface area contributed by atoms with Gasteiger partial charge in [0.15, 0.2) is 0 Å². The van der Waals surface area contributed by atoms with E-state index < -0.39 is 16.1 Å². The van der Waals surface area contributed by atoms with Gasteiger partial charge in [0.05, 0.1) is 11.9 Å². The fourth-order valence-electron chi connectivity index (χ4n) is 4.18. The molecule has 0 fully saturated rings. The van der Waals surface area contributed by atoms with Crippen molar-refractivity contribution in [3.63, 3.8) is 0 Å². The van der Waals surface area contributed by atoms with Gasteiger partial charge in [-0.25, -0.2) is 8.42 Å². The predicted octanol–water partition coefficient (Wildman–Crippen LogP) is 5.23. The zero-order valence-corrected chi connectivity index (χ0v) is 24.3. The molecule has 2 atom stereocenters. The number of nitrogens with one attached hydrogen (secondary N) is 1. The Morgan fingerprint density at radius 2 is 1.70 bits per heavy atom. The van der Waals surface area contributed by atoms with Gasteiger partial charge in [0.25, 0.3) is 0 Å². The molecule has 0 saturated carbocycles. The highest BCUT2D eigenvalue weighted by atomic mass is 35.5. The Bertz CT molecular complexity index is 1190. The molecule has 9 heteroatoms. The van der Waals surface area contributed by atoms with Gasteiger partial charge in [-0.3, -0.25) is 13.9 Å². The van der Waals surface area contributed by atoms with Crippen LogP contribution in [0.2, 0.25) is 5.02 Å². The molecule has 0 aliphatic rings. The van der Waals surface area contributed by atoms with Crippen LogP contribution in [0.5, 0.6) is 0 Å². The van der Waals surface area contributed by atoms with Crippen molar-refractivity contribution < 1.29 is 18.0 Å². The minimum absolute atomic E-state index is 0.00113. The standard InChI is InChI=1S/C28H40ClN3O4S/c1-7-21(4)30-28(34)25(8-2)31(19-23-14-10-9-13-20(23)3)27(33)17-12-18-32(37(6,35)36)26-16-11-15-24(29)22(26)5/h9-11,13-16,21,25H,7-8,12,17-19H2,1-6H3,(H,30,34). The fraction of sp³-hybridized carbons (Fsp3) is 0.500. The maximum Gasteiger partial charge on any atom is 0.243 e. The van der Waals surface area contributed by atoms with Crippen LogP contribution in [-0.2, 0) is 26.2 Å². The third-order valence-corrected chi connectivity index (χ3v) is 8.24. The van der Waals surface area contributed by atoms with E-state index in [1.54, 1.807) is 30.0 Å². The number of hydrogen-bond donors (Lipinski definition) is 1. The average molecular weight is 550 g/mol. The van der Waals surface area contributed by atoms with Crippen LogP contribution in [0.25, 0.3) is 0 Å². The Hall–Kier alpha value is -2.58. The van der Waals surface area contributed by atoms with Crippen LogP contribution < -0.4 is 9.62 Å². The number of rotatable bonds is 13. The molecular weight excluding hydrogens is 510 g/mol. The van der Waals surface area contributed by atoms with Crippen molar-refractivity contribution in [2.75, 3.05) is 17.1 Å². The van der Waals surface area contributed by atoms with Crippen LogP contribution in [0, 0.1) is 13.8 Å². The molecule has 0 aliphatic carbocycles. The van der Waals surface area contributed by atoms with E-state index >= 15 is 0 Å². The van der Waals surface area contributed by atoms with Gasteiger partial charge in [-0.1, -0.05) is 55.8 Å². The quantitative estimate of drug-likeness (QED) is 0.371. The molecule has 2 unspecified atom stereocenters. The van der Waals surface area contributed by atoms with Crippen molar-refractivity contribution in [1.29, 1.82) is 0 Å². The van der Waals surface area contributed by atoms with Crippen LogP contribution >= 0.6 is 11.6 Å². The molecule has 0 saturated heterocycles. The van der Waals surface area contributed by atoms with E-state index in [1.807, 2.05) is 52.0 Å². The largest absolute Gasteiger partial charge is 0.352 e. The summed E-state index contributed by atoms with van der Waals surface area (Å²) >= 11 is 6.23. The molecule has 0 heterocycles. The van der Waals surface area contributed by atoms with Crippen LogP contribution in [-0.4, -0.2) is 50.0 Å². The molecule has 2 amide bonds. The maximum atomic E-state index is 13.6. The highest BCUT2D eigenvalue weighted by Crippen LogP contribution is 2.28. The Morgan fingerprint density at radius 3 is 2.30 bits per heavy atom. The van der Waals surface area contributed by atoms with E-state index in [1.165, 1.54) is 4.31 Å². The van der Waals surface area contributed by atoms with Crippen molar-refractivity contribution in [2.45, 2.75) is 78.9 Å². The van der Waals surface area contributed by atoms with Gasteiger partial charge in [-0.15, -0.1) is 0 Å². The number of nitrogens with zero attached hydrogens (tertiary/aromatic N) is 2. The van der Waals surface area contributed by atoms with Crippen molar-refractivity contribution in [3.05, 3.63) is 64.2 Å². The summed E-state index contributed by atoms with van der Waals surface area (Å²) in [6.07, 6.45) is 2.80. The lowest BCUT2D eigenvalue weighted by molar-refractivity contribution is -0.141. The summed E-state index contributed by atoms with van der Waals surface area (Å²) in [5.74, 6) is -0.364. The van der Waals surface area contributed by atoms with Gasteiger partial charge >= 0.3 is 0 Å². The summed E-state index contributed by atoms with van der Waals surface area (Å²) in [6.45, 7) is 10.0. The van der Waals surface area contributed by atoms with Gasteiger partial charge in [-0.05, 0) is 68.9 Å². The number of carbonyl (C=O) groups is 2. The highest BCUT2D eigenvalue weighted by Gasteiger charge is 2.30. The van der Waals surface area contributed by atoms with E-state index in [-0.39, 0.29) is 30.8 Å². The first-order chi connectivity index (χ1) is 17.4. The number of hydrogen-bond acceptors (Lipinski definition) is 4. The summed E-state index contributed by atoms with van der Waals surface area (Å²) < 4.78 is 26.5. The summed E-state index contributed by atoms with van der Waals surface area (Å²) in [7, 11) is -3.59. The van der Waals surface area contributed by atoms with Gasteiger partial charge < -0.3 is 10.2 Å². The lowest BCUT2D eigenvalue weighted by Gasteiger charge is -2.32. The first-order valence-corrected chi connectivity index (χ1v) is 15.0. The van der Waals surface area contributed by atoms with Gasteiger partial charge in [-0.2, -0.15) is 0 Å². The van der Waals surface area contributed by atoms with E-state index in [9.17, 15) is 18.0 Å². The van der Waals surface area contributed by atoms with E-state index in [0.29, 0.717) is 35.7 Å². The van der Waals surface area contributed by atoms with Gasteiger partial charge in [0.1, 0.15) is 6.04 Å². The smallest absolute Gasteiger partial charge is 0.243 e. The molecule has 0 radical (unpaired) electrons. The minimum atomic E-state index is -3.59. The van der Waals surface area contributed by atoms with Crippen LogP contribution in [0.1, 0.15) is 63.1 Å². The molecule has 0 aliphatic heterocycles. The molecule has 2 aromatic rings. The zero-order chi connectivity index (χ0) is 27.8. The van der Waals surface area contributed by atoms with Crippen molar-refractivity contribution in [2.24, 2.45) is 0 Å². The van der Waals surface area contributed by atoms with Gasteiger partial charge in [0, 0.05) is 30.6 Å². The molecule has 0 bridgehead atoms. The lowest BCUT2D eigenvalue weighted by Crippen LogP contribution is -2.50. The second-order valence-corrected chi connectivity index (χ2v) is 11.8. The molecule has 2 aromatic carbocycles. The number of aryl methyl sites for hydroxylation is 1. The monoisotopic (exact) mass is 549 g/mol. The molecule has 37 heavy (non-hydrogen) atoms. The number of halogens is 1. The Kier molecular flexibility index (Phi) is 11.4. The van der Waals surface area contributed by atoms with Crippen LogP contribution in [0.4, 0.5) is 5.69 Å². The summed E-state index contributed by atoms with van der Waals surface area (Å²) in [4.78, 5) is 28.3. The van der Waals surface area contributed by atoms with Crippen LogP contribution in [0.15, 0.2) is 42.5 Å². The molecule has 0 spiro atoms. The second-order valence-electron chi connectivity index (χ2n) is 9.51. The predicted molar refractivity (Wildman–Crippen MR) is 151 cm³/mol. The molecule has 204 valence electrons. The van der Waals surface area contributed by atoms with Gasteiger partial charge in [0.2, 0.25) is 21.8 Å². The van der Waals surface area contributed by atoms with Crippen molar-refractivity contribution in [3.8, 4) is 0 Å². The number of anilines is 1. The summed E-state index contributed by atoms with van der Waals surface area (Å²) in [5, 5.41) is 3.49. The minimum Gasteiger partial charge on any atom is -0.352 e. The third-order valence-electron chi connectivity index (χ3n) is 6.65. The molecule has 7 nitrogen and oxygen atoms in total. The number of sulfonamides is 1. The number of benzene rings is 2. The normalized spacial score (nSPS) is 13.1. The Labute approximate surface area is 227 Å². The third kappa shape index (κ3) is 8.47. The number of amides is 2. The topological polar surface area (TPSA) is 86.8 Å². The second kappa shape index (κ2) is 13.8. The maximum absolute atomic E-state index is 13.6. The lowest BCUT2D eigenvalue weighted by atomic mass is 10.0. The number of carbonyl (C=O) groups excluding carboxylic acids is 2. The molecule has 1 N–H and O–H groups in total. The van der Waals surface area contributed by atoms with Crippen LogP contribution in [0.3, 0.4) is 0 Å². The summed E-state index contributed by atoms with van der Waals surface area (Å²) in [6, 6.07) is 12.3. The van der Waals surface area contributed by atoms with E-state index in [4.69, 9.17) is 11.6 Å². The first kappa shape index (κ1) is 30.6. The first-order valence-electron chi connectivity index (χ1n) is 12.8. The SMILES string of the molecule is CCC(C)NC(=O)C(CC)N(Cc1ccccc1C)C(=O)CCCN(c1cccc(Cl)c1C)S(C)(=O)=O. The molecule has 0 aromatic heterocycles. The van der Waals surface area contributed by atoms with Crippen molar-refractivity contribution in [1.82, 2.24) is 10.2 Å². The Balaban J connectivity index is 2.27. The zero-order valence-electron chi connectivity index (χ0n) is 22.8. The van der Waals surface area contributed by atoms with E-state index in [2.05, 4.69) is 5.32 Å².